The minimum absolute atomic E-state index is 0.0297. The number of para-hydroxylation sites is 1. The summed E-state index contributed by atoms with van der Waals surface area (Å²) in [6, 6.07) is 14.6. The monoisotopic (exact) mass is 903 g/mol. The van der Waals surface area contributed by atoms with Crippen LogP contribution in [0.1, 0.15) is 27.3 Å². The number of pyridine rings is 2. The van der Waals surface area contributed by atoms with Gasteiger partial charge in [0.25, 0.3) is 15.9 Å². The van der Waals surface area contributed by atoms with Gasteiger partial charge in [-0.2, -0.15) is 18.3 Å². The first kappa shape index (κ1) is 47.2. The smallest absolute Gasteiger partial charge is 0.393 e. The topological polar surface area (TPSA) is 164 Å². The van der Waals surface area contributed by atoms with Crippen molar-refractivity contribution in [2.24, 2.45) is 5.73 Å². The van der Waals surface area contributed by atoms with E-state index < -0.39 is 56.2 Å². The maximum Gasteiger partial charge on any atom is 0.393 e. The number of aromatic nitrogens is 4. The third-order valence-corrected chi connectivity index (χ3v) is 14.8. The Hall–Kier alpha value is -4.90. The van der Waals surface area contributed by atoms with Crippen molar-refractivity contribution in [3.05, 3.63) is 89.1 Å². The van der Waals surface area contributed by atoms with E-state index in [4.69, 9.17) is 19.9 Å². The van der Waals surface area contributed by atoms with Crippen LogP contribution in [0.4, 0.5) is 29.1 Å². The molecule has 3 aromatic heterocycles. The normalized spacial score (nSPS) is 12.5. The van der Waals surface area contributed by atoms with Gasteiger partial charge in [-0.3, -0.25) is 14.1 Å². The van der Waals surface area contributed by atoms with E-state index in [0.29, 0.717) is 30.2 Å². The Morgan fingerprint density at radius 1 is 0.951 bits per heavy atom. The number of ether oxygens (including phenoxy) is 3. The fraction of sp³-hybridized carbons (Fsp3) is 0.415. The maximum atomic E-state index is 15.8. The summed E-state index contributed by atoms with van der Waals surface area (Å²) in [6.45, 7) is 14.9. The van der Waals surface area contributed by atoms with E-state index in [0.717, 1.165) is 28.5 Å². The summed E-state index contributed by atoms with van der Waals surface area (Å²) in [5, 5.41) is 7.72. The van der Waals surface area contributed by atoms with Crippen LogP contribution in [0, 0.1) is 12.7 Å². The number of nitrogens with one attached hydrogen (secondary N) is 1. The van der Waals surface area contributed by atoms with Crippen LogP contribution in [-0.2, 0) is 39.2 Å². The first-order valence-corrected chi connectivity index (χ1v) is 28.4. The molecule has 0 aliphatic rings. The summed E-state index contributed by atoms with van der Waals surface area (Å²) >= 11 is 0. The zero-order valence-electron chi connectivity index (χ0n) is 35.6. The first-order chi connectivity index (χ1) is 28.4. The fourth-order valence-electron chi connectivity index (χ4n) is 6.15. The number of hydrogen-bond donors (Lipinski definition) is 2. The lowest BCUT2D eigenvalue weighted by molar-refractivity contribution is -0.127. The molecule has 0 fully saturated rings. The number of sulfonamides is 1. The van der Waals surface area contributed by atoms with Gasteiger partial charge < -0.3 is 25.3 Å². The summed E-state index contributed by atoms with van der Waals surface area (Å²) in [6.07, 6.45) is -4.89. The molecule has 0 unspecified atom stereocenters. The summed E-state index contributed by atoms with van der Waals surface area (Å²) < 4.78 is 105. The van der Waals surface area contributed by atoms with Gasteiger partial charge in [0.1, 0.15) is 17.4 Å². The van der Waals surface area contributed by atoms with E-state index >= 15 is 4.39 Å². The molecule has 61 heavy (non-hydrogen) atoms. The average Bonchev–Trinajstić information content (AvgIpc) is 3.54. The van der Waals surface area contributed by atoms with Crippen molar-refractivity contribution in [3.8, 4) is 17.0 Å². The quantitative estimate of drug-likeness (QED) is 0.0335. The molecule has 0 saturated heterocycles. The predicted octanol–water partition coefficient (Wildman–Crippen LogP) is 8.59. The number of fused-ring (bicyclic) bond motifs is 1. The van der Waals surface area contributed by atoms with Crippen LogP contribution < -0.4 is 20.1 Å². The molecule has 330 valence electrons. The molecule has 20 heteroatoms. The number of carbonyl (C=O) groups is 1. The highest BCUT2D eigenvalue weighted by Gasteiger charge is 2.32. The van der Waals surface area contributed by atoms with E-state index in [-0.39, 0.29) is 64.2 Å². The Kier molecular flexibility index (Phi) is 14.7. The molecule has 3 N–H and O–H groups in total. The number of aryl methyl sites for hydroxylation is 1. The number of rotatable bonds is 20. The second kappa shape index (κ2) is 19.0. The maximum absolute atomic E-state index is 15.8. The number of halogens is 4. The summed E-state index contributed by atoms with van der Waals surface area (Å²) in [5.41, 5.74) is 6.62. The Labute approximate surface area is 355 Å². The van der Waals surface area contributed by atoms with Gasteiger partial charge in [0.15, 0.2) is 24.1 Å². The van der Waals surface area contributed by atoms with Gasteiger partial charge in [-0.15, -0.1) is 0 Å². The van der Waals surface area contributed by atoms with Crippen LogP contribution in [0.15, 0.2) is 65.7 Å². The SMILES string of the molecule is Cc1ccc(S(=O)(=O)N(C)c2ccccc2CNc2nc(-c3cc(F)c(OCOCC[Si](C)(C)C)cc3CC(F)(F)F)cc3c2c(C(N)=O)nn3COCC[Si](C)(C)C)cn1. The molecule has 13 nitrogen and oxygen atoms in total. The van der Waals surface area contributed by atoms with Crippen LogP contribution in [-0.4, -0.2) is 83.5 Å². The Morgan fingerprint density at radius 2 is 1.62 bits per heavy atom. The van der Waals surface area contributed by atoms with Gasteiger partial charge in [-0.1, -0.05) is 57.5 Å². The molecule has 0 spiro atoms. The highest BCUT2D eigenvalue weighted by atomic mass is 32.2. The molecule has 2 aromatic carbocycles. The largest absolute Gasteiger partial charge is 0.464 e. The molecular formula is C41H53F4N7O6SSi2. The van der Waals surface area contributed by atoms with Crippen molar-refractivity contribution in [2.45, 2.75) is 89.1 Å². The molecule has 1 amide bonds. The number of primary amides is 1. The summed E-state index contributed by atoms with van der Waals surface area (Å²) in [4.78, 5) is 21.7. The second-order valence-corrected chi connectivity index (χ2v) is 30.3. The standard InChI is InChI=1S/C41H53F4N7O6SSi2/c1-27-13-14-30(24-47-27)59(54,55)51(2)34-12-10-9-11-28(34)23-48-40-37-35(52(50-38(37)39(46)53)25-56-15-17-60(3,4)5)21-33(49-40)31-20-32(42)36(19-29(31)22-41(43,44)45)58-26-57-16-18-61(6,7)8/h9-14,19-21,24H,15-18,22-23,25-26H2,1-8H3,(H2,46,53)(H,48,49). The van der Waals surface area contributed by atoms with E-state index in [1.165, 1.54) is 30.1 Å². The summed E-state index contributed by atoms with van der Waals surface area (Å²) in [7, 11) is -5.63. The van der Waals surface area contributed by atoms with E-state index in [1.807, 2.05) is 0 Å². The number of nitrogens with two attached hydrogens (primary N) is 1. The van der Waals surface area contributed by atoms with Crippen molar-refractivity contribution in [1.29, 1.82) is 0 Å². The van der Waals surface area contributed by atoms with Crippen molar-refractivity contribution in [2.75, 3.05) is 36.7 Å². The molecule has 5 aromatic rings. The minimum Gasteiger partial charge on any atom is -0.464 e. The zero-order chi connectivity index (χ0) is 44.9. The minimum atomic E-state index is -4.71. The predicted molar refractivity (Wildman–Crippen MR) is 233 cm³/mol. The number of benzene rings is 2. The Morgan fingerprint density at radius 3 is 2.25 bits per heavy atom. The van der Waals surface area contributed by atoms with Gasteiger partial charge in [-0.25, -0.2) is 22.5 Å². The third-order valence-electron chi connectivity index (χ3n) is 9.62. The zero-order valence-corrected chi connectivity index (χ0v) is 38.4. The number of carbonyl (C=O) groups excluding carboxylic acids is 1. The molecule has 0 saturated carbocycles. The highest BCUT2D eigenvalue weighted by molar-refractivity contribution is 7.92. The van der Waals surface area contributed by atoms with Crippen molar-refractivity contribution in [1.82, 2.24) is 19.7 Å². The number of hydrogen-bond acceptors (Lipinski definition) is 10. The third kappa shape index (κ3) is 12.6. The Bertz CT molecular complexity index is 2460. The van der Waals surface area contributed by atoms with E-state index in [9.17, 15) is 26.4 Å². The first-order valence-electron chi connectivity index (χ1n) is 19.6. The molecule has 0 radical (unpaired) electrons. The molecule has 0 atom stereocenters. The number of anilines is 2. The number of alkyl halides is 3. The molecule has 3 heterocycles. The number of amides is 1. The molecule has 0 bridgehead atoms. The van der Waals surface area contributed by atoms with E-state index in [1.54, 1.807) is 37.3 Å². The van der Waals surface area contributed by atoms with Crippen LogP contribution in [0.2, 0.25) is 51.4 Å². The van der Waals surface area contributed by atoms with Gasteiger partial charge in [0.2, 0.25) is 0 Å². The van der Waals surface area contributed by atoms with Crippen LogP contribution in [0.5, 0.6) is 5.75 Å². The lowest BCUT2D eigenvalue weighted by atomic mass is 9.99. The van der Waals surface area contributed by atoms with Gasteiger partial charge >= 0.3 is 6.18 Å². The van der Waals surface area contributed by atoms with Crippen molar-refractivity contribution < 1.29 is 45.0 Å². The van der Waals surface area contributed by atoms with Crippen molar-refractivity contribution >= 4 is 54.5 Å². The molecular weight excluding hydrogens is 851 g/mol. The van der Waals surface area contributed by atoms with Gasteiger partial charge in [-0.05, 0) is 66.5 Å². The summed E-state index contributed by atoms with van der Waals surface area (Å²) in [5.74, 6) is -2.33. The van der Waals surface area contributed by atoms with E-state index in [2.05, 4.69) is 59.7 Å². The van der Waals surface area contributed by atoms with Gasteiger partial charge in [0, 0.05) is 60.4 Å². The van der Waals surface area contributed by atoms with Crippen LogP contribution in [0.3, 0.4) is 0 Å². The average molecular weight is 904 g/mol. The van der Waals surface area contributed by atoms with Crippen molar-refractivity contribution in [3.63, 3.8) is 0 Å². The molecule has 0 aliphatic heterocycles. The Balaban J connectivity index is 1.61. The van der Waals surface area contributed by atoms with Gasteiger partial charge in [0.05, 0.1) is 28.7 Å². The fourth-order valence-corrected chi connectivity index (χ4v) is 8.84. The van der Waals surface area contributed by atoms with Crippen LogP contribution in [0.25, 0.3) is 22.2 Å². The lowest BCUT2D eigenvalue weighted by Gasteiger charge is -2.23. The second-order valence-electron chi connectivity index (χ2n) is 17.1. The lowest BCUT2D eigenvalue weighted by Crippen LogP contribution is -2.28. The highest BCUT2D eigenvalue weighted by Crippen LogP contribution is 2.38. The molecule has 0 aliphatic carbocycles. The molecule has 5 rings (SSSR count). The van der Waals surface area contributed by atoms with Crippen LogP contribution >= 0.6 is 0 Å². The number of nitrogens with zero attached hydrogens (tertiary/aromatic N) is 5.